The Morgan fingerprint density at radius 2 is 2.00 bits per heavy atom. The van der Waals surface area contributed by atoms with Gasteiger partial charge in [-0.25, -0.2) is 4.79 Å². The molecule has 0 fully saturated rings. The van der Waals surface area contributed by atoms with Crippen LogP contribution < -0.4 is 10.6 Å². The van der Waals surface area contributed by atoms with Crippen molar-refractivity contribution in [2.75, 3.05) is 12.0 Å². The minimum atomic E-state index is -0.474. The molecule has 9 heteroatoms. The van der Waals surface area contributed by atoms with E-state index in [0.29, 0.717) is 0 Å². The van der Waals surface area contributed by atoms with Crippen molar-refractivity contribution in [2.45, 2.75) is 28.6 Å². The van der Waals surface area contributed by atoms with Crippen LogP contribution in [-0.4, -0.2) is 40.2 Å². The zero-order valence-electron chi connectivity index (χ0n) is 10.2. The normalized spacial score (nSPS) is 10.4. The second-order valence-corrected chi connectivity index (χ2v) is 6.76. The number of imide groups is 1. The fraction of sp³-hybridized carbons (Fsp3) is 0.556. The lowest BCUT2D eigenvalue weighted by molar-refractivity contribution is -0.117. The molecule has 0 spiro atoms. The molecule has 0 aliphatic heterocycles. The number of urea groups is 1. The molecular formula is C9H14N4O2S3. The van der Waals surface area contributed by atoms with Gasteiger partial charge in [-0.3, -0.25) is 10.1 Å². The number of hydrogen-bond acceptors (Lipinski definition) is 7. The summed E-state index contributed by atoms with van der Waals surface area (Å²) in [5.41, 5.74) is 0. The van der Waals surface area contributed by atoms with Gasteiger partial charge < -0.3 is 5.32 Å². The van der Waals surface area contributed by atoms with Crippen molar-refractivity contribution in [2.24, 2.45) is 0 Å². The molecule has 0 saturated carbocycles. The number of aromatic nitrogens is 2. The van der Waals surface area contributed by atoms with E-state index in [9.17, 15) is 9.59 Å². The second-order valence-electron chi connectivity index (χ2n) is 3.50. The first-order valence-electron chi connectivity index (χ1n) is 5.12. The van der Waals surface area contributed by atoms with Crippen molar-refractivity contribution in [3.05, 3.63) is 0 Å². The molecule has 2 N–H and O–H groups in total. The van der Waals surface area contributed by atoms with Gasteiger partial charge in [0.1, 0.15) is 0 Å². The SMILES string of the molecule is CSc1nnc(SCC(=O)NC(=O)NC(C)C)s1. The van der Waals surface area contributed by atoms with Crippen molar-refractivity contribution in [1.29, 1.82) is 0 Å². The van der Waals surface area contributed by atoms with Crippen molar-refractivity contribution in [1.82, 2.24) is 20.8 Å². The van der Waals surface area contributed by atoms with Gasteiger partial charge in [0, 0.05) is 6.04 Å². The van der Waals surface area contributed by atoms with Gasteiger partial charge in [-0.15, -0.1) is 10.2 Å². The van der Waals surface area contributed by atoms with Crippen molar-refractivity contribution in [3.63, 3.8) is 0 Å². The van der Waals surface area contributed by atoms with Crippen LogP contribution in [0.1, 0.15) is 13.8 Å². The summed E-state index contributed by atoms with van der Waals surface area (Å²) in [5.74, 6) is -0.201. The van der Waals surface area contributed by atoms with Crippen LogP contribution >= 0.6 is 34.9 Å². The topological polar surface area (TPSA) is 84.0 Å². The van der Waals surface area contributed by atoms with Gasteiger partial charge in [0.05, 0.1) is 5.75 Å². The van der Waals surface area contributed by atoms with E-state index in [1.165, 1.54) is 34.9 Å². The largest absolute Gasteiger partial charge is 0.336 e. The zero-order valence-corrected chi connectivity index (χ0v) is 12.7. The fourth-order valence-electron chi connectivity index (χ4n) is 0.926. The van der Waals surface area contributed by atoms with Gasteiger partial charge in [-0.1, -0.05) is 34.9 Å². The van der Waals surface area contributed by atoms with Gasteiger partial charge in [-0.2, -0.15) is 0 Å². The summed E-state index contributed by atoms with van der Waals surface area (Å²) < 4.78 is 1.58. The zero-order chi connectivity index (χ0) is 13.5. The standard InChI is InChI=1S/C9H14N4O2S3/c1-5(2)10-7(15)11-6(14)4-17-9-13-12-8(16-3)18-9/h5H,4H2,1-3H3,(H2,10,11,14,15). The van der Waals surface area contributed by atoms with Crippen LogP contribution in [0, 0.1) is 0 Å². The molecule has 1 aromatic rings. The summed E-state index contributed by atoms with van der Waals surface area (Å²) in [5, 5.41) is 12.6. The highest BCUT2D eigenvalue weighted by Gasteiger charge is 2.11. The lowest BCUT2D eigenvalue weighted by Gasteiger charge is -2.08. The number of thioether (sulfide) groups is 2. The Balaban J connectivity index is 2.30. The smallest absolute Gasteiger partial charge is 0.321 e. The molecule has 6 nitrogen and oxygen atoms in total. The number of amides is 3. The Bertz CT molecular complexity index is 422. The Morgan fingerprint density at radius 3 is 2.56 bits per heavy atom. The van der Waals surface area contributed by atoms with Gasteiger partial charge in [-0.05, 0) is 20.1 Å². The third-order valence-corrected chi connectivity index (χ3v) is 4.59. The highest BCUT2D eigenvalue weighted by Crippen LogP contribution is 2.26. The first-order chi connectivity index (χ1) is 8.51. The van der Waals surface area contributed by atoms with E-state index in [4.69, 9.17) is 0 Å². The van der Waals surface area contributed by atoms with Gasteiger partial charge in [0.25, 0.3) is 0 Å². The van der Waals surface area contributed by atoms with Crippen LogP contribution in [0.3, 0.4) is 0 Å². The van der Waals surface area contributed by atoms with Crippen LogP contribution in [-0.2, 0) is 4.79 Å². The molecule has 0 aliphatic rings. The maximum absolute atomic E-state index is 11.4. The molecule has 1 aromatic heterocycles. The molecule has 1 rings (SSSR count). The molecule has 0 radical (unpaired) electrons. The first kappa shape index (κ1) is 15.3. The number of nitrogens with one attached hydrogen (secondary N) is 2. The summed E-state index contributed by atoms with van der Waals surface area (Å²) >= 11 is 4.20. The number of hydrogen-bond donors (Lipinski definition) is 2. The van der Waals surface area contributed by atoms with E-state index in [2.05, 4.69) is 20.8 Å². The van der Waals surface area contributed by atoms with Gasteiger partial charge >= 0.3 is 6.03 Å². The van der Waals surface area contributed by atoms with Crippen LogP contribution in [0.25, 0.3) is 0 Å². The van der Waals surface area contributed by atoms with Crippen LogP contribution in [0.4, 0.5) is 4.79 Å². The number of carbonyl (C=O) groups is 2. The third kappa shape index (κ3) is 5.69. The fourth-order valence-corrected chi connectivity index (χ4v) is 3.16. The molecule has 0 aliphatic carbocycles. The van der Waals surface area contributed by atoms with E-state index in [-0.39, 0.29) is 17.7 Å². The lowest BCUT2D eigenvalue weighted by Crippen LogP contribution is -2.43. The minimum Gasteiger partial charge on any atom is -0.336 e. The quantitative estimate of drug-likeness (QED) is 0.804. The average molecular weight is 306 g/mol. The van der Waals surface area contributed by atoms with Crippen LogP contribution in [0.5, 0.6) is 0 Å². The summed E-state index contributed by atoms with van der Waals surface area (Å²) in [4.78, 5) is 22.7. The van der Waals surface area contributed by atoms with E-state index in [1.807, 2.05) is 20.1 Å². The molecule has 0 atom stereocenters. The first-order valence-corrected chi connectivity index (χ1v) is 8.14. The van der Waals surface area contributed by atoms with Crippen molar-refractivity contribution in [3.8, 4) is 0 Å². The molecule has 1 heterocycles. The van der Waals surface area contributed by atoms with Crippen molar-refractivity contribution < 1.29 is 9.59 Å². The van der Waals surface area contributed by atoms with E-state index < -0.39 is 6.03 Å². The van der Waals surface area contributed by atoms with Crippen molar-refractivity contribution >= 4 is 46.8 Å². The Labute approximate surface area is 118 Å². The summed E-state index contributed by atoms with van der Waals surface area (Å²) in [6, 6.07) is -0.476. The number of carbonyl (C=O) groups excluding carboxylic acids is 2. The van der Waals surface area contributed by atoms with E-state index in [1.54, 1.807) is 0 Å². The lowest BCUT2D eigenvalue weighted by atomic mass is 10.4. The predicted molar refractivity (Wildman–Crippen MR) is 74.2 cm³/mol. The highest BCUT2D eigenvalue weighted by atomic mass is 32.2. The Kier molecular flexibility index (Phi) is 6.44. The molecule has 0 bridgehead atoms. The average Bonchev–Trinajstić information content (AvgIpc) is 2.72. The molecule has 18 heavy (non-hydrogen) atoms. The molecule has 100 valence electrons. The maximum atomic E-state index is 11.4. The van der Waals surface area contributed by atoms with Crippen LogP contribution in [0.15, 0.2) is 8.68 Å². The van der Waals surface area contributed by atoms with Gasteiger partial charge in [0.2, 0.25) is 5.91 Å². The van der Waals surface area contributed by atoms with Crippen LogP contribution in [0.2, 0.25) is 0 Å². The molecule has 0 unspecified atom stereocenters. The highest BCUT2D eigenvalue weighted by molar-refractivity contribution is 8.03. The second kappa shape index (κ2) is 7.59. The van der Waals surface area contributed by atoms with Gasteiger partial charge in [0.15, 0.2) is 8.68 Å². The Hall–Kier alpha value is -0.800. The summed E-state index contributed by atoms with van der Waals surface area (Å²) in [6.45, 7) is 3.65. The molecule has 0 aromatic carbocycles. The van der Waals surface area contributed by atoms with E-state index in [0.717, 1.165) is 8.68 Å². The predicted octanol–water partition coefficient (Wildman–Crippen LogP) is 1.59. The van der Waals surface area contributed by atoms with E-state index >= 15 is 0 Å². The third-order valence-electron chi connectivity index (χ3n) is 1.56. The monoisotopic (exact) mass is 306 g/mol. The molecular weight excluding hydrogens is 292 g/mol. The Morgan fingerprint density at radius 1 is 1.33 bits per heavy atom. The number of rotatable bonds is 5. The summed E-state index contributed by atoms with van der Waals surface area (Å²) in [7, 11) is 0. The summed E-state index contributed by atoms with van der Waals surface area (Å²) in [6.07, 6.45) is 1.91. The maximum Gasteiger partial charge on any atom is 0.321 e. The molecule has 0 saturated heterocycles. The molecule has 3 amide bonds. The minimum absolute atomic E-state index is 0.00208. The number of nitrogens with zero attached hydrogens (tertiary/aromatic N) is 2.